The van der Waals surface area contributed by atoms with Crippen molar-refractivity contribution in [1.82, 2.24) is 19.9 Å². The molecule has 1 fully saturated rings. The summed E-state index contributed by atoms with van der Waals surface area (Å²) in [5.74, 6) is -0.0179. The third kappa shape index (κ3) is 3.35. The zero-order valence-electron chi connectivity index (χ0n) is 13.5. The van der Waals surface area contributed by atoms with E-state index in [2.05, 4.69) is 15.0 Å². The van der Waals surface area contributed by atoms with Gasteiger partial charge in [-0.25, -0.2) is 4.98 Å². The van der Waals surface area contributed by atoms with Gasteiger partial charge < -0.3 is 14.5 Å². The van der Waals surface area contributed by atoms with Crippen LogP contribution in [0, 0.1) is 6.92 Å². The number of aromatic nitrogens is 2. The molecule has 0 aromatic carbocycles. The van der Waals surface area contributed by atoms with Crippen LogP contribution in [0.2, 0.25) is 0 Å². The van der Waals surface area contributed by atoms with Crippen LogP contribution in [0.3, 0.4) is 0 Å². The summed E-state index contributed by atoms with van der Waals surface area (Å²) in [6.45, 7) is 7.37. The monoisotopic (exact) mass is 318 g/mol. The minimum Gasteiger partial charge on any atom is -0.392 e. The maximum absolute atomic E-state index is 12.6. The van der Waals surface area contributed by atoms with Crippen LogP contribution in [0.15, 0.2) is 16.8 Å². The lowest BCUT2D eigenvalue weighted by Crippen LogP contribution is -2.50. The van der Waals surface area contributed by atoms with Gasteiger partial charge in [0.05, 0.1) is 22.7 Å². The van der Waals surface area contributed by atoms with Crippen molar-refractivity contribution in [2.45, 2.75) is 26.4 Å². The second-order valence-corrected chi connectivity index (χ2v) is 6.00. The summed E-state index contributed by atoms with van der Waals surface area (Å²) in [4.78, 5) is 20.8. The van der Waals surface area contributed by atoms with E-state index in [1.54, 1.807) is 12.3 Å². The number of aryl methyl sites for hydroxylation is 1. The van der Waals surface area contributed by atoms with Crippen LogP contribution in [0.1, 0.15) is 29.4 Å². The van der Waals surface area contributed by atoms with E-state index in [1.165, 1.54) is 0 Å². The van der Waals surface area contributed by atoms with Gasteiger partial charge in [-0.3, -0.25) is 9.69 Å². The Balaban J connectivity index is 1.65. The SMILES string of the molecule is CC[C@@H](O)CN1CCN(C(=O)c2cnc3onc(C)c3c2)CC1. The van der Waals surface area contributed by atoms with Gasteiger partial charge in [-0.05, 0) is 19.4 Å². The van der Waals surface area contributed by atoms with E-state index in [9.17, 15) is 9.90 Å². The Morgan fingerprint density at radius 1 is 1.39 bits per heavy atom. The quantitative estimate of drug-likeness (QED) is 0.907. The van der Waals surface area contributed by atoms with Crippen LogP contribution >= 0.6 is 0 Å². The summed E-state index contributed by atoms with van der Waals surface area (Å²) >= 11 is 0. The number of carbonyl (C=O) groups is 1. The molecule has 124 valence electrons. The predicted octanol–water partition coefficient (Wildman–Crippen LogP) is 1.06. The first-order valence-corrected chi connectivity index (χ1v) is 8.00. The molecule has 7 nitrogen and oxygen atoms in total. The number of pyridine rings is 1. The lowest BCUT2D eigenvalue weighted by Gasteiger charge is -2.35. The highest BCUT2D eigenvalue weighted by molar-refractivity contribution is 5.97. The van der Waals surface area contributed by atoms with Crippen molar-refractivity contribution in [3.63, 3.8) is 0 Å². The van der Waals surface area contributed by atoms with Crippen LogP contribution < -0.4 is 0 Å². The van der Waals surface area contributed by atoms with Gasteiger partial charge in [0.1, 0.15) is 0 Å². The number of fused-ring (bicyclic) bond motifs is 1. The van der Waals surface area contributed by atoms with E-state index in [0.717, 1.165) is 30.6 Å². The van der Waals surface area contributed by atoms with Gasteiger partial charge in [-0.1, -0.05) is 12.1 Å². The number of rotatable bonds is 4. The Hall–Kier alpha value is -1.99. The van der Waals surface area contributed by atoms with Crippen LogP contribution in [0.4, 0.5) is 0 Å². The number of piperazine rings is 1. The topological polar surface area (TPSA) is 82.7 Å². The van der Waals surface area contributed by atoms with E-state index in [1.807, 2.05) is 18.7 Å². The molecule has 3 heterocycles. The van der Waals surface area contributed by atoms with Crippen molar-refractivity contribution < 1.29 is 14.4 Å². The molecule has 1 aliphatic rings. The lowest BCUT2D eigenvalue weighted by molar-refractivity contribution is 0.0523. The minimum atomic E-state index is -0.291. The number of aliphatic hydroxyl groups excluding tert-OH is 1. The average molecular weight is 318 g/mol. The van der Waals surface area contributed by atoms with Crippen LogP contribution in [0.25, 0.3) is 11.1 Å². The summed E-state index contributed by atoms with van der Waals surface area (Å²) in [5.41, 5.74) is 1.75. The second-order valence-electron chi connectivity index (χ2n) is 6.00. The van der Waals surface area contributed by atoms with E-state index in [0.29, 0.717) is 30.9 Å². The average Bonchev–Trinajstić information content (AvgIpc) is 2.95. The zero-order chi connectivity index (χ0) is 16.4. The Bertz CT molecular complexity index is 692. The molecule has 1 atom stereocenters. The summed E-state index contributed by atoms with van der Waals surface area (Å²) in [7, 11) is 0. The summed E-state index contributed by atoms with van der Waals surface area (Å²) in [6.07, 6.45) is 2.01. The molecule has 1 aliphatic heterocycles. The summed E-state index contributed by atoms with van der Waals surface area (Å²) in [5, 5.41) is 14.4. The molecule has 0 saturated carbocycles. The Morgan fingerprint density at radius 3 is 2.83 bits per heavy atom. The molecule has 23 heavy (non-hydrogen) atoms. The molecule has 2 aromatic rings. The molecule has 7 heteroatoms. The fourth-order valence-corrected chi connectivity index (χ4v) is 2.81. The second kappa shape index (κ2) is 6.64. The molecule has 0 unspecified atom stereocenters. The van der Waals surface area contributed by atoms with Gasteiger partial charge >= 0.3 is 0 Å². The number of amides is 1. The highest BCUT2D eigenvalue weighted by Crippen LogP contribution is 2.18. The van der Waals surface area contributed by atoms with Crippen molar-refractivity contribution in [3.8, 4) is 0 Å². The van der Waals surface area contributed by atoms with Gasteiger partial charge in [-0.15, -0.1) is 0 Å². The molecule has 2 aromatic heterocycles. The van der Waals surface area contributed by atoms with Crippen LogP contribution in [-0.2, 0) is 0 Å². The van der Waals surface area contributed by atoms with Crippen molar-refractivity contribution in [2.75, 3.05) is 32.7 Å². The molecular formula is C16H22N4O3. The smallest absolute Gasteiger partial charge is 0.257 e. The highest BCUT2D eigenvalue weighted by Gasteiger charge is 2.24. The van der Waals surface area contributed by atoms with Gasteiger partial charge in [0.2, 0.25) is 0 Å². The molecular weight excluding hydrogens is 296 g/mol. The summed E-state index contributed by atoms with van der Waals surface area (Å²) < 4.78 is 5.07. The Labute approximate surface area is 134 Å². The number of β-amino-alcohol motifs (C(OH)–C–C–N with tert-alkyl or cyclic N) is 1. The van der Waals surface area contributed by atoms with E-state index >= 15 is 0 Å². The molecule has 3 rings (SSSR count). The normalized spacial score (nSPS) is 17.6. The minimum absolute atomic E-state index is 0.0179. The van der Waals surface area contributed by atoms with Crippen LogP contribution in [0.5, 0.6) is 0 Å². The molecule has 0 aliphatic carbocycles. The third-order valence-electron chi connectivity index (χ3n) is 4.36. The number of hydrogen-bond acceptors (Lipinski definition) is 6. The molecule has 1 N–H and O–H groups in total. The Morgan fingerprint density at radius 2 is 2.13 bits per heavy atom. The number of hydrogen-bond donors (Lipinski definition) is 1. The van der Waals surface area contributed by atoms with E-state index in [4.69, 9.17) is 4.52 Å². The van der Waals surface area contributed by atoms with Gasteiger partial charge in [-0.2, -0.15) is 0 Å². The van der Waals surface area contributed by atoms with Crippen molar-refractivity contribution >= 4 is 17.0 Å². The fraction of sp³-hybridized carbons (Fsp3) is 0.562. The standard InChI is InChI=1S/C16H22N4O3/c1-3-13(21)10-19-4-6-20(7-5-19)16(22)12-8-14-11(2)18-23-15(14)17-9-12/h8-9,13,21H,3-7,10H2,1-2H3/t13-/m1/s1. The number of nitrogens with zero attached hydrogens (tertiary/aromatic N) is 4. The third-order valence-corrected chi connectivity index (χ3v) is 4.36. The van der Waals surface area contributed by atoms with Crippen molar-refractivity contribution in [2.24, 2.45) is 0 Å². The predicted molar refractivity (Wildman–Crippen MR) is 85.2 cm³/mol. The molecule has 1 saturated heterocycles. The fourth-order valence-electron chi connectivity index (χ4n) is 2.81. The maximum atomic E-state index is 12.6. The number of carbonyl (C=O) groups excluding carboxylic acids is 1. The molecule has 0 radical (unpaired) electrons. The van der Waals surface area contributed by atoms with E-state index < -0.39 is 0 Å². The van der Waals surface area contributed by atoms with Crippen molar-refractivity contribution in [3.05, 3.63) is 23.5 Å². The Kier molecular flexibility index (Phi) is 4.58. The first kappa shape index (κ1) is 15.9. The van der Waals surface area contributed by atoms with Gasteiger partial charge in [0.25, 0.3) is 11.6 Å². The highest BCUT2D eigenvalue weighted by atomic mass is 16.5. The van der Waals surface area contributed by atoms with Gasteiger partial charge in [0.15, 0.2) is 0 Å². The first-order valence-electron chi connectivity index (χ1n) is 8.00. The molecule has 0 spiro atoms. The lowest BCUT2D eigenvalue weighted by atomic mass is 10.1. The van der Waals surface area contributed by atoms with Crippen LogP contribution in [-0.4, -0.2) is 69.8 Å². The molecule has 0 bridgehead atoms. The largest absolute Gasteiger partial charge is 0.392 e. The maximum Gasteiger partial charge on any atom is 0.257 e. The summed E-state index contributed by atoms with van der Waals surface area (Å²) in [6, 6.07) is 1.80. The number of aliphatic hydroxyl groups is 1. The first-order chi connectivity index (χ1) is 11.1. The van der Waals surface area contributed by atoms with Crippen molar-refractivity contribution in [1.29, 1.82) is 0 Å². The van der Waals surface area contributed by atoms with E-state index in [-0.39, 0.29) is 12.0 Å². The molecule has 1 amide bonds. The zero-order valence-corrected chi connectivity index (χ0v) is 13.5. The van der Waals surface area contributed by atoms with Gasteiger partial charge in [0, 0.05) is 38.9 Å².